The minimum atomic E-state index is 0.240. The summed E-state index contributed by atoms with van der Waals surface area (Å²) in [6.45, 7) is 3.67. The van der Waals surface area contributed by atoms with Crippen molar-refractivity contribution >= 4 is 23.2 Å². The molecule has 0 saturated heterocycles. The second-order valence-electron chi connectivity index (χ2n) is 4.03. The molecule has 0 fully saturated rings. The zero-order valence-electron chi connectivity index (χ0n) is 10.4. The number of benzene rings is 1. The van der Waals surface area contributed by atoms with Crippen LogP contribution in [0.15, 0.2) is 24.3 Å². The number of aromatic nitrogens is 1. The van der Waals surface area contributed by atoms with Crippen LogP contribution in [0.5, 0.6) is 11.6 Å². The second kappa shape index (κ2) is 5.48. The highest BCUT2D eigenvalue weighted by atomic mass is 35.5. The second-order valence-corrected chi connectivity index (χ2v) is 4.81. The van der Waals surface area contributed by atoms with Gasteiger partial charge in [-0.2, -0.15) is 5.26 Å². The molecule has 0 saturated carbocycles. The van der Waals surface area contributed by atoms with Crippen LogP contribution in [0.3, 0.4) is 0 Å². The molecule has 5 heteroatoms. The molecule has 2 aromatic rings. The molecule has 0 aliphatic heterocycles. The van der Waals surface area contributed by atoms with E-state index in [1.165, 1.54) is 0 Å². The number of nitriles is 1. The smallest absolute Gasteiger partial charge is 0.237 e. The van der Waals surface area contributed by atoms with Crippen molar-refractivity contribution in [3.8, 4) is 17.7 Å². The molecular weight excluding hydrogens is 283 g/mol. The highest BCUT2D eigenvalue weighted by molar-refractivity contribution is 6.42. The van der Waals surface area contributed by atoms with Gasteiger partial charge in [0.2, 0.25) is 5.88 Å². The van der Waals surface area contributed by atoms with Crippen molar-refractivity contribution in [1.29, 1.82) is 5.26 Å². The van der Waals surface area contributed by atoms with Crippen molar-refractivity contribution in [1.82, 2.24) is 4.98 Å². The highest BCUT2D eigenvalue weighted by Crippen LogP contribution is 2.35. The van der Waals surface area contributed by atoms with E-state index in [-0.39, 0.29) is 5.88 Å². The van der Waals surface area contributed by atoms with Crippen molar-refractivity contribution < 1.29 is 4.74 Å². The summed E-state index contributed by atoms with van der Waals surface area (Å²) in [5.74, 6) is 0.618. The predicted octanol–water partition coefficient (Wildman–Crippen LogP) is 4.67. The first-order valence-corrected chi connectivity index (χ1v) is 6.28. The van der Waals surface area contributed by atoms with Gasteiger partial charge >= 0.3 is 0 Å². The lowest BCUT2D eigenvalue weighted by Gasteiger charge is -2.10. The van der Waals surface area contributed by atoms with E-state index in [2.05, 4.69) is 11.1 Å². The van der Waals surface area contributed by atoms with Gasteiger partial charge in [-0.1, -0.05) is 29.3 Å². The van der Waals surface area contributed by atoms with Crippen LogP contribution in [0.2, 0.25) is 10.0 Å². The third-order valence-electron chi connectivity index (χ3n) is 2.55. The third-order valence-corrected chi connectivity index (χ3v) is 3.35. The Morgan fingerprint density at radius 3 is 2.68 bits per heavy atom. The maximum atomic E-state index is 9.16. The van der Waals surface area contributed by atoms with E-state index < -0.39 is 0 Å². The molecule has 0 N–H and O–H groups in total. The Bertz CT molecular complexity index is 678. The Kier molecular flexibility index (Phi) is 3.94. The van der Waals surface area contributed by atoms with Crippen LogP contribution >= 0.6 is 23.2 Å². The molecule has 0 aliphatic rings. The highest BCUT2D eigenvalue weighted by Gasteiger charge is 2.13. The van der Waals surface area contributed by atoms with E-state index in [1.807, 2.05) is 19.9 Å². The molecule has 1 aromatic carbocycles. The largest absolute Gasteiger partial charge is 0.436 e. The van der Waals surface area contributed by atoms with Gasteiger partial charge < -0.3 is 4.74 Å². The summed E-state index contributed by atoms with van der Waals surface area (Å²) in [7, 11) is 0. The number of aryl methyl sites for hydroxylation is 2. The fraction of sp³-hybridized carbons (Fsp3) is 0.143. The molecule has 19 heavy (non-hydrogen) atoms. The number of hydrogen-bond donors (Lipinski definition) is 0. The lowest BCUT2D eigenvalue weighted by atomic mass is 10.1. The van der Waals surface area contributed by atoms with Crippen molar-refractivity contribution in [2.24, 2.45) is 0 Å². The van der Waals surface area contributed by atoms with Crippen LogP contribution < -0.4 is 4.74 Å². The number of pyridine rings is 1. The fourth-order valence-corrected chi connectivity index (χ4v) is 2.01. The predicted molar refractivity (Wildman–Crippen MR) is 75.0 cm³/mol. The summed E-state index contributed by atoms with van der Waals surface area (Å²) in [5.41, 5.74) is 1.97. The van der Waals surface area contributed by atoms with Gasteiger partial charge in [-0.25, -0.2) is 4.98 Å². The first-order chi connectivity index (χ1) is 9.02. The molecule has 0 atom stereocenters. The van der Waals surface area contributed by atoms with Crippen LogP contribution in [0, 0.1) is 25.2 Å². The SMILES string of the molecule is Cc1cc(C)c(C#N)c(Oc2cccc(Cl)c2Cl)n1. The van der Waals surface area contributed by atoms with Crippen molar-refractivity contribution in [3.63, 3.8) is 0 Å². The summed E-state index contributed by atoms with van der Waals surface area (Å²) >= 11 is 12.0. The van der Waals surface area contributed by atoms with Crippen molar-refractivity contribution in [2.75, 3.05) is 0 Å². The van der Waals surface area contributed by atoms with Crippen molar-refractivity contribution in [3.05, 3.63) is 51.1 Å². The quantitative estimate of drug-likeness (QED) is 0.808. The number of ether oxygens (including phenoxy) is 1. The monoisotopic (exact) mass is 292 g/mol. The standard InChI is InChI=1S/C14H10Cl2N2O/c1-8-6-9(2)18-14(10(8)7-17)19-12-5-3-4-11(15)13(12)16/h3-6H,1-2H3. The van der Waals surface area contributed by atoms with Gasteiger partial charge in [0.25, 0.3) is 0 Å². The molecule has 0 amide bonds. The summed E-state index contributed by atoms with van der Waals surface area (Å²) in [6.07, 6.45) is 0. The normalized spacial score (nSPS) is 10.1. The Morgan fingerprint density at radius 1 is 1.26 bits per heavy atom. The molecule has 0 bridgehead atoms. The maximum Gasteiger partial charge on any atom is 0.237 e. The Hall–Kier alpha value is -1.76. The van der Waals surface area contributed by atoms with Gasteiger partial charge in [0.1, 0.15) is 22.4 Å². The summed E-state index contributed by atoms with van der Waals surface area (Å²) in [6, 6.07) is 8.97. The van der Waals surface area contributed by atoms with Gasteiger partial charge in [-0.05, 0) is 37.6 Å². The first-order valence-electron chi connectivity index (χ1n) is 5.53. The molecule has 96 valence electrons. The van der Waals surface area contributed by atoms with E-state index in [9.17, 15) is 0 Å². The van der Waals surface area contributed by atoms with Gasteiger partial charge in [0, 0.05) is 5.69 Å². The van der Waals surface area contributed by atoms with Gasteiger partial charge in [0.15, 0.2) is 0 Å². The molecule has 1 heterocycles. The van der Waals surface area contributed by atoms with Gasteiger partial charge in [-0.3, -0.25) is 0 Å². The van der Waals surface area contributed by atoms with Crippen LogP contribution in [0.1, 0.15) is 16.8 Å². The Labute approximate surface area is 121 Å². The van der Waals surface area contributed by atoms with Crippen molar-refractivity contribution in [2.45, 2.75) is 13.8 Å². The molecule has 3 nitrogen and oxygen atoms in total. The number of halogens is 2. The minimum absolute atomic E-state index is 0.240. The molecule has 0 radical (unpaired) electrons. The molecule has 0 unspecified atom stereocenters. The summed E-state index contributed by atoms with van der Waals surface area (Å²) in [5, 5.41) is 9.85. The molecule has 1 aromatic heterocycles. The molecule has 0 spiro atoms. The molecular formula is C14H10Cl2N2O. The number of rotatable bonds is 2. The lowest BCUT2D eigenvalue weighted by molar-refractivity contribution is 0.459. The van der Waals surface area contributed by atoms with E-state index in [4.69, 9.17) is 33.2 Å². The van der Waals surface area contributed by atoms with E-state index in [0.29, 0.717) is 21.4 Å². The third kappa shape index (κ3) is 2.81. The number of hydrogen-bond acceptors (Lipinski definition) is 3. The first kappa shape index (κ1) is 13.7. The number of nitrogens with zero attached hydrogens (tertiary/aromatic N) is 2. The topological polar surface area (TPSA) is 45.9 Å². The maximum absolute atomic E-state index is 9.16. The minimum Gasteiger partial charge on any atom is -0.436 e. The summed E-state index contributed by atoms with van der Waals surface area (Å²) in [4.78, 5) is 4.22. The zero-order valence-corrected chi connectivity index (χ0v) is 11.9. The van der Waals surface area contributed by atoms with Crippen LogP contribution in [-0.4, -0.2) is 4.98 Å². The summed E-state index contributed by atoms with van der Waals surface area (Å²) < 4.78 is 5.62. The fourth-order valence-electron chi connectivity index (χ4n) is 1.68. The zero-order chi connectivity index (χ0) is 14.0. The van der Waals surface area contributed by atoms with Gasteiger partial charge in [-0.15, -0.1) is 0 Å². The lowest BCUT2D eigenvalue weighted by Crippen LogP contribution is -1.97. The van der Waals surface area contributed by atoms with E-state index in [1.54, 1.807) is 18.2 Å². The van der Waals surface area contributed by atoms with E-state index in [0.717, 1.165) is 11.3 Å². The average Bonchev–Trinajstić information content (AvgIpc) is 2.34. The van der Waals surface area contributed by atoms with Crippen LogP contribution in [0.25, 0.3) is 0 Å². The van der Waals surface area contributed by atoms with E-state index >= 15 is 0 Å². The molecule has 2 rings (SSSR count). The average molecular weight is 293 g/mol. The van der Waals surface area contributed by atoms with Crippen LogP contribution in [-0.2, 0) is 0 Å². The Morgan fingerprint density at radius 2 is 2.00 bits per heavy atom. The van der Waals surface area contributed by atoms with Crippen LogP contribution in [0.4, 0.5) is 0 Å². The molecule has 0 aliphatic carbocycles. The Balaban J connectivity index is 2.50. The van der Waals surface area contributed by atoms with Gasteiger partial charge in [0.05, 0.1) is 5.02 Å².